The molecule has 0 amide bonds. The molecule has 0 heterocycles. The van der Waals surface area contributed by atoms with Gasteiger partial charge < -0.3 is 0 Å². The number of rotatable bonds is 3. The van der Waals surface area contributed by atoms with Crippen molar-refractivity contribution in [2.24, 2.45) is 0 Å². The molecule has 1 aromatic rings. The number of alkyl halides is 2. The molecule has 0 nitrogen and oxygen atoms in total. The van der Waals surface area contributed by atoms with Crippen LogP contribution >= 0.6 is 31.9 Å². The van der Waals surface area contributed by atoms with Crippen LogP contribution in [0.25, 0.3) is 6.08 Å². The summed E-state index contributed by atoms with van der Waals surface area (Å²) in [5, 5.41) is 0.940. The number of benzene rings is 1. The number of aryl methyl sites for hydroxylation is 1. The summed E-state index contributed by atoms with van der Waals surface area (Å²) in [6, 6.07) is 8.49. The molecule has 0 spiro atoms. The molecular formula is C11H12Br2. The maximum atomic E-state index is 3.52. The van der Waals surface area contributed by atoms with E-state index in [0.29, 0.717) is 4.83 Å². The highest BCUT2D eigenvalue weighted by Crippen LogP contribution is 2.10. The molecule has 13 heavy (non-hydrogen) atoms. The zero-order valence-corrected chi connectivity index (χ0v) is 10.7. The zero-order chi connectivity index (χ0) is 9.68. The van der Waals surface area contributed by atoms with Gasteiger partial charge in [-0.15, -0.1) is 0 Å². The lowest BCUT2D eigenvalue weighted by atomic mass is 10.1. The minimum atomic E-state index is 0.411. The first-order valence-corrected chi connectivity index (χ1v) is 6.21. The molecule has 0 aliphatic rings. The number of hydrogen-bond acceptors (Lipinski definition) is 0. The zero-order valence-electron chi connectivity index (χ0n) is 7.50. The Labute approximate surface area is 96.3 Å². The predicted octanol–water partition coefficient (Wildman–Crippen LogP) is 4.17. The van der Waals surface area contributed by atoms with E-state index in [1.54, 1.807) is 0 Å². The molecule has 0 aliphatic heterocycles. The van der Waals surface area contributed by atoms with E-state index in [4.69, 9.17) is 0 Å². The summed E-state index contributed by atoms with van der Waals surface area (Å²) in [6.45, 7) is 2.10. The first kappa shape index (κ1) is 11.0. The lowest BCUT2D eigenvalue weighted by Crippen LogP contribution is -1.91. The van der Waals surface area contributed by atoms with Gasteiger partial charge in [0, 0.05) is 10.2 Å². The van der Waals surface area contributed by atoms with Gasteiger partial charge in [0.25, 0.3) is 0 Å². The largest absolute Gasteiger partial charge is 0.0913 e. The minimum Gasteiger partial charge on any atom is -0.0913 e. The molecule has 0 aliphatic carbocycles. The second-order valence-corrected chi connectivity index (χ2v) is 4.76. The Bertz CT molecular complexity index is 275. The number of allylic oxidation sites excluding steroid dienone is 1. The fraction of sp³-hybridized carbons (Fsp3) is 0.273. The Morgan fingerprint density at radius 1 is 1.31 bits per heavy atom. The molecule has 0 fully saturated rings. The topological polar surface area (TPSA) is 0 Å². The van der Waals surface area contributed by atoms with Gasteiger partial charge in [-0.25, -0.2) is 0 Å². The summed E-state index contributed by atoms with van der Waals surface area (Å²) in [4.78, 5) is 0.411. The van der Waals surface area contributed by atoms with Crippen LogP contribution in [0.15, 0.2) is 30.3 Å². The summed E-state index contributed by atoms with van der Waals surface area (Å²) in [5.74, 6) is 0. The SMILES string of the molecule is Cc1ccc(/C=C/C(Br)CBr)cc1. The van der Waals surface area contributed by atoms with Crippen LogP contribution in [0.5, 0.6) is 0 Å². The minimum absolute atomic E-state index is 0.411. The van der Waals surface area contributed by atoms with Gasteiger partial charge in [-0.05, 0) is 12.5 Å². The average Bonchev–Trinajstić information content (AvgIpc) is 2.16. The van der Waals surface area contributed by atoms with Crippen LogP contribution in [-0.2, 0) is 0 Å². The quantitative estimate of drug-likeness (QED) is 0.735. The van der Waals surface area contributed by atoms with E-state index >= 15 is 0 Å². The third kappa shape index (κ3) is 4.10. The highest BCUT2D eigenvalue weighted by atomic mass is 79.9. The van der Waals surface area contributed by atoms with Crippen molar-refractivity contribution < 1.29 is 0 Å². The van der Waals surface area contributed by atoms with E-state index in [2.05, 4.69) is 75.2 Å². The fourth-order valence-electron chi connectivity index (χ4n) is 0.945. The van der Waals surface area contributed by atoms with Gasteiger partial charge in [0.05, 0.1) is 0 Å². The van der Waals surface area contributed by atoms with Gasteiger partial charge in [0.15, 0.2) is 0 Å². The van der Waals surface area contributed by atoms with Crippen molar-refractivity contribution in [3.8, 4) is 0 Å². The monoisotopic (exact) mass is 302 g/mol. The Balaban J connectivity index is 2.64. The highest BCUT2D eigenvalue weighted by molar-refractivity contribution is 9.12. The highest BCUT2D eigenvalue weighted by Gasteiger charge is 1.93. The van der Waals surface area contributed by atoms with E-state index in [1.807, 2.05) is 0 Å². The second kappa shape index (κ2) is 5.61. The maximum Gasteiger partial charge on any atom is 0.0425 e. The van der Waals surface area contributed by atoms with E-state index < -0.39 is 0 Å². The molecule has 1 rings (SSSR count). The van der Waals surface area contributed by atoms with Gasteiger partial charge in [0.2, 0.25) is 0 Å². The van der Waals surface area contributed by atoms with Crippen molar-refractivity contribution in [3.05, 3.63) is 41.5 Å². The Morgan fingerprint density at radius 3 is 2.46 bits per heavy atom. The van der Waals surface area contributed by atoms with Crippen LogP contribution in [0.3, 0.4) is 0 Å². The van der Waals surface area contributed by atoms with Crippen molar-refractivity contribution in [3.63, 3.8) is 0 Å². The molecular weight excluding hydrogens is 292 g/mol. The average molecular weight is 304 g/mol. The Kier molecular flexibility index (Phi) is 4.74. The van der Waals surface area contributed by atoms with Crippen LogP contribution in [0.4, 0.5) is 0 Å². The van der Waals surface area contributed by atoms with Gasteiger partial charge >= 0.3 is 0 Å². The van der Waals surface area contributed by atoms with Crippen molar-refractivity contribution >= 4 is 37.9 Å². The van der Waals surface area contributed by atoms with Crippen molar-refractivity contribution in [2.45, 2.75) is 11.8 Å². The second-order valence-electron chi connectivity index (χ2n) is 2.94. The number of halogens is 2. The van der Waals surface area contributed by atoms with Gasteiger partial charge in [0.1, 0.15) is 0 Å². The van der Waals surface area contributed by atoms with E-state index in [1.165, 1.54) is 11.1 Å². The van der Waals surface area contributed by atoms with Crippen LogP contribution < -0.4 is 0 Å². The van der Waals surface area contributed by atoms with E-state index in [-0.39, 0.29) is 0 Å². The van der Waals surface area contributed by atoms with Crippen molar-refractivity contribution in [1.82, 2.24) is 0 Å². The van der Waals surface area contributed by atoms with Crippen molar-refractivity contribution in [1.29, 1.82) is 0 Å². The predicted molar refractivity (Wildman–Crippen MR) is 66.7 cm³/mol. The van der Waals surface area contributed by atoms with Crippen LogP contribution in [0.2, 0.25) is 0 Å². The first-order valence-electron chi connectivity index (χ1n) is 4.17. The molecule has 2 heteroatoms. The summed E-state index contributed by atoms with van der Waals surface area (Å²) in [5.41, 5.74) is 2.55. The summed E-state index contributed by atoms with van der Waals surface area (Å²) in [7, 11) is 0. The maximum absolute atomic E-state index is 3.52. The van der Waals surface area contributed by atoms with Crippen molar-refractivity contribution in [2.75, 3.05) is 5.33 Å². The lowest BCUT2D eigenvalue weighted by Gasteiger charge is -1.97. The molecule has 0 N–H and O–H groups in total. The van der Waals surface area contributed by atoms with E-state index in [0.717, 1.165) is 5.33 Å². The summed E-state index contributed by atoms with van der Waals surface area (Å²) in [6.07, 6.45) is 4.26. The third-order valence-electron chi connectivity index (χ3n) is 1.72. The molecule has 70 valence electrons. The van der Waals surface area contributed by atoms with Crippen LogP contribution in [-0.4, -0.2) is 10.2 Å². The van der Waals surface area contributed by atoms with E-state index in [9.17, 15) is 0 Å². The number of hydrogen-bond donors (Lipinski definition) is 0. The lowest BCUT2D eigenvalue weighted by molar-refractivity contribution is 1.32. The molecule has 0 bridgehead atoms. The summed E-state index contributed by atoms with van der Waals surface area (Å²) >= 11 is 6.92. The molecule has 0 aromatic heterocycles. The third-order valence-corrected chi connectivity index (χ3v) is 3.92. The molecule has 1 atom stereocenters. The fourth-order valence-corrected chi connectivity index (χ4v) is 1.31. The molecule has 1 aromatic carbocycles. The van der Waals surface area contributed by atoms with Crippen LogP contribution in [0.1, 0.15) is 11.1 Å². The Hall–Kier alpha value is -0.0800. The molecule has 0 radical (unpaired) electrons. The molecule has 1 unspecified atom stereocenters. The molecule has 0 saturated carbocycles. The molecule has 0 saturated heterocycles. The van der Waals surface area contributed by atoms with Gasteiger partial charge in [-0.3, -0.25) is 0 Å². The first-order chi connectivity index (χ1) is 6.22. The normalized spacial score (nSPS) is 13.5. The van der Waals surface area contributed by atoms with Crippen LogP contribution in [0, 0.1) is 6.92 Å². The smallest absolute Gasteiger partial charge is 0.0425 e. The Morgan fingerprint density at radius 2 is 1.92 bits per heavy atom. The van der Waals surface area contributed by atoms with Gasteiger partial charge in [-0.2, -0.15) is 0 Å². The standard InChI is InChI=1S/C11H12Br2/c1-9-2-4-10(5-3-9)6-7-11(13)8-12/h2-7,11H,8H2,1H3/b7-6+. The van der Waals surface area contributed by atoms with Gasteiger partial charge in [-0.1, -0.05) is 73.8 Å². The summed E-state index contributed by atoms with van der Waals surface area (Å²) < 4.78 is 0.